The van der Waals surface area contributed by atoms with Crippen LogP contribution in [0.2, 0.25) is 0 Å². The number of nitrogens with zero attached hydrogens (tertiary/aromatic N) is 2. The normalized spacial score (nSPS) is 19.8. The van der Waals surface area contributed by atoms with Crippen molar-refractivity contribution >= 4 is 11.3 Å². The van der Waals surface area contributed by atoms with E-state index in [1.807, 2.05) is 41.5 Å². The number of aryl methyl sites for hydroxylation is 2. The molecule has 0 radical (unpaired) electrons. The number of hydrogen-bond donors (Lipinski definition) is 0. The maximum Gasteiger partial charge on any atom is 0.264 e. The molecule has 2 heterocycles. The maximum atomic E-state index is 12.5. The van der Waals surface area contributed by atoms with Gasteiger partial charge in [-0.2, -0.15) is 0 Å². The van der Waals surface area contributed by atoms with E-state index >= 15 is 0 Å². The Bertz CT molecular complexity index is 324. The Balaban J connectivity index is 0. The molecule has 0 N–H and O–H groups in total. The Morgan fingerprint density at radius 1 is 1.25 bits per heavy atom. The van der Waals surface area contributed by atoms with E-state index in [9.17, 15) is 8.78 Å². The second kappa shape index (κ2) is 11.1. The van der Waals surface area contributed by atoms with Crippen molar-refractivity contribution in [1.29, 1.82) is 0 Å². The molecule has 0 amide bonds. The van der Waals surface area contributed by atoms with E-state index in [2.05, 4.69) is 10.4 Å². The highest BCUT2D eigenvalue weighted by molar-refractivity contribution is 7.09. The van der Waals surface area contributed by atoms with Crippen molar-refractivity contribution < 1.29 is 8.78 Å². The first kappa shape index (κ1) is 21.7. The van der Waals surface area contributed by atoms with Crippen LogP contribution >= 0.6 is 11.3 Å². The van der Waals surface area contributed by atoms with Crippen molar-refractivity contribution in [1.82, 2.24) is 9.88 Å². The molecule has 1 aliphatic rings. The number of aromatic nitrogens is 1. The Kier molecular flexibility index (Phi) is 12.1. The number of likely N-dealkylation sites (tertiary alicyclic amines) is 1. The zero-order valence-corrected chi connectivity index (χ0v) is 14.9. The lowest BCUT2D eigenvalue weighted by Gasteiger charge is -2.11. The summed E-state index contributed by atoms with van der Waals surface area (Å²) in [5.74, 6) is -2.92. The van der Waals surface area contributed by atoms with Crippen molar-refractivity contribution in [2.24, 2.45) is 5.92 Å². The van der Waals surface area contributed by atoms with Crippen LogP contribution in [0.25, 0.3) is 0 Å². The molecule has 20 heavy (non-hydrogen) atoms. The molecule has 1 saturated heterocycles. The van der Waals surface area contributed by atoms with Gasteiger partial charge in [-0.3, -0.25) is 0 Å². The molecule has 1 unspecified atom stereocenters. The van der Waals surface area contributed by atoms with Gasteiger partial charge in [-0.15, -0.1) is 11.3 Å². The third-order valence-electron chi connectivity index (χ3n) is 2.52. The van der Waals surface area contributed by atoms with Crippen molar-refractivity contribution in [3.05, 3.63) is 16.1 Å². The lowest BCUT2D eigenvalue weighted by atomic mass is 10.1. The Hall–Kier alpha value is -0.550. The SMILES string of the molecule is CC.CC.CC1CN(C)CC1(F)F.Cc1csc(C)n1. The van der Waals surface area contributed by atoms with Crippen LogP contribution in [0.1, 0.15) is 45.3 Å². The van der Waals surface area contributed by atoms with E-state index in [1.165, 1.54) is 0 Å². The van der Waals surface area contributed by atoms with E-state index in [0.717, 1.165) is 10.7 Å². The van der Waals surface area contributed by atoms with E-state index in [4.69, 9.17) is 0 Å². The fourth-order valence-corrected chi connectivity index (χ4v) is 2.24. The molecule has 0 spiro atoms. The fourth-order valence-electron chi connectivity index (χ4n) is 1.65. The van der Waals surface area contributed by atoms with Crippen LogP contribution in [0.15, 0.2) is 5.38 Å². The average Bonchev–Trinajstić information content (AvgIpc) is 2.87. The minimum absolute atomic E-state index is 0.0752. The summed E-state index contributed by atoms with van der Waals surface area (Å²) in [6.07, 6.45) is 0. The smallest absolute Gasteiger partial charge is 0.264 e. The topological polar surface area (TPSA) is 16.1 Å². The second-order valence-corrected chi connectivity index (χ2v) is 5.43. The second-order valence-electron chi connectivity index (χ2n) is 4.37. The number of alkyl halides is 2. The summed E-state index contributed by atoms with van der Waals surface area (Å²) in [6, 6.07) is 0. The van der Waals surface area contributed by atoms with Gasteiger partial charge in [0.2, 0.25) is 0 Å². The predicted octanol–water partition coefficient (Wildman–Crippen LogP) is 5.02. The Morgan fingerprint density at radius 2 is 1.75 bits per heavy atom. The van der Waals surface area contributed by atoms with Crippen LogP contribution in [0.4, 0.5) is 8.78 Å². The summed E-state index contributed by atoms with van der Waals surface area (Å²) in [6.45, 7) is 14.0. The number of thiazole rings is 1. The molecular formula is C15H30F2N2S. The van der Waals surface area contributed by atoms with Crippen molar-refractivity contribution in [3.8, 4) is 0 Å². The van der Waals surface area contributed by atoms with Crippen molar-refractivity contribution in [2.75, 3.05) is 20.1 Å². The Morgan fingerprint density at radius 3 is 1.85 bits per heavy atom. The molecule has 0 saturated carbocycles. The molecule has 5 heteroatoms. The van der Waals surface area contributed by atoms with E-state index < -0.39 is 11.8 Å². The molecule has 1 fully saturated rings. The molecular weight excluding hydrogens is 278 g/mol. The maximum absolute atomic E-state index is 12.5. The highest BCUT2D eigenvalue weighted by atomic mass is 32.1. The number of rotatable bonds is 0. The molecule has 2 rings (SSSR count). The van der Waals surface area contributed by atoms with Crippen molar-refractivity contribution in [2.45, 2.75) is 54.4 Å². The molecule has 1 aromatic rings. The lowest BCUT2D eigenvalue weighted by Crippen LogP contribution is -2.25. The summed E-state index contributed by atoms with van der Waals surface area (Å²) in [7, 11) is 1.72. The quantitative estimate of drug-likeness (QED) is 0.669. The van der Waals surface area contributed by atoms with Gasteiger partial charge in [0.05, 0.1) is 11.6 Å². The van der Waals surface area contributed by atoms with Gasteiger partial charge >= 0.3 is 0 Å². The molecule has 1 aliphatic heterocycles. The zero-order valence-electron chi connectivity index (χ0n) is 14.1. The van der Waals surface area contributed by atoms with E-state index in [-0.39, 0.29) is 6.54 Å². The molecule has 120 valence electrons. The van der Waals surface area contributed by atoms with Crippen LogP contribution in [0, 0.1) is 19.8 Å². The van der Waals surface area contributed by atoms with Gasteiger partial charge in [-0.25, -0.2) is 13.8 Å². The van der Waals surface area contributed by atoms with E-state index in [1.54, 1.807) is 30.2 Å². The predicted molar refractivity (Wildman–Crippen MR) is 85.9 cm³/mol. The first-order chi connectivity index (χ1) is 9.31. The highest BCUT2D eigenvalue weighted by Crippen LogP contribution is 2.31. The standard InChI is InChI=1S/C6H11F2N.C5H7NS.2C2H6/c1-5-3-9(2)4-6(5,7)8;1-4-3-7-5(2)6-4;2*1-2/h5H,3-4H2,1-2H3;3H,1-2H3;2*1-2H3. The monoisotopic (exact) mass is 308 g/mol. The lowest BCUT2D eigenvalue weighted by molar-refractivity contribution is -0.0197. The van der Waals surface area contributed by atoms with Crippen LogP contribution in [0.3, 0.4) is 0 Å². The molecule has 1 aromatic heterocycles. The number of hydrogen-bond acceptors (Lipinski definition) is 3. The molecule has 0 aromatic carbocycles. The zero-order chi connectivity index (χ0) is 16.3. The Labute approximate surface area is 127 Å². The fraction of sp³-hybridized carbons (Fsp3) is 0.800. The van der Waals surface area contributed by atoms with Gasteiger partial charge in [-0.1, -0.05) is 34.6 Å². The molecule has 0 bridgehead atoms. The molecule has 1 atom stereocenters. The minimum Gasteiger partial charge on any atom is -0.300 e. The number of halogens is 2. The van der Waals surface area contributed by atoms with Crippen LogP contribution in [0.5, 0.6) is 0 Å². The third-order valence-corrected chi connectivity index (χ3v) is 3.41. The first-order valence-electron chi connectivity index (χ1n) is 7.26. The van der Waals surface area contributed by atoms with E-state index in [0.29, 0.717) is 6.54 Å². The van der Waals surface area contributed by atoms with Crippen LogP contribution in [-0.2, 0) is 0 Å². The van der Waals surface area contributed by atoms with Gasteiger partial charge in [-0.05, 0) is 20.9 Å². The average molecular weight is 308 g/mol. The molecule has 2 nitrogen and oxygen atoms in total. The van der Waals surface area contributed by atoms with Gasteiger partial charge in [0.25, 0.3) is 5.92 Å². The minimum atomic E-state index is -2.45. The van der Waals surface area contributed by atoms with Gasteiger partial charge in [0.1, 0.15) is 0 Å². The summed E-state index contributed by atoms with van der Waals surface area (Å²) < 4.78 is 25.1. The summed E-state index contributed by atoms with van der Waals surface area (Å²) in [4.78, 5) is 5.79. The summed E-state index contributed by atoms with van der Waals surface area (Å²) >= 11 is 1.69. The third kappa shape index (κ3) is 8.59. The van der Waals surface area contributed by atoms with Crippen LogP contribution < -0.4 is 0 Å². The summed E-state index contributed by atoms with van der Waals surface area (Å²) in [5.41, 5.74) is 1.13. The van der Waals surface area contributed by atoms with Crippen molar-refractivity contribution in [3.63, 3.8) is 0 Å². The molecule has 0 aliphatic carbocycles. The van der Waals surface area contributed by atoms with Gasteiger partial charge in [0.15, 0.2) is 0 Å². The van der Waals surface area contributed by atoms with Gasteiger partial charge in [0, 0.05) is 23.5 Å². The first-order valence-corrected chi connectivity index (χ1v) is 8.14. The van der Waals surface area contributed by atoms with Crippen LogP contribution in [-0.4, -0.2) is 35.9 Å². The van der Waals surface area contributed by atoms with Gasteiger partial charge < -0.3 is 4.90 Å². The largest absolute Gasteiger partial charge is 0.300 e. The summed E-state index contributed by atoms with van der Waals surface area (Å²) in [5, 5.41) is 3.20. The highest BCUT2D eigenvalue weighted by Gasteiger charge is 2.43.